The number of benzene rings is 2. The molecule has 5 heteroatoms. The van der Waals surface area contributed by atoms with E-state index in [0.717, 1.165) is 38.5 Å². The largest absolute Gasteiger partial charge is 0.491 e. The van der Waals surface area contributed by atoms with Crippen LogP contribution in [0.15, 0.2) is 36.4 Å². The number of halogens is 4. The smallest absolute Gasteiger partial charge is 0.201 e. The minimum absolute atomic E-state index is 0.0165. The van der Waals surface area contributed by atoms with Gasteiger partial charge in [0.25, 0.3) is 0 Å². The highest BCUT2D eigenvalue weighted by molar-refractivity contribution is 5.67. The van der Waals surface area contributed by atoms with Crippen LogP contribution in [0.25, 0.3) is 11.1 Å². The molecule has 2 aliphatic rings. The van der Waals surface area contributed by atoms with Crippen molar-refractivity contribution in [1.82, 2.24) is 0 Å². The molecule has 2 fully saturated rings. The number of rotatable bonds is 7. The van der Waals surface area contributed by atoms with Crippen LogP contribution >= 0.6 is 0 Å². The molecule has 2 aromatic rings. The Morgan fingerprint density at radius 2 is 1.53 bits per heavy atom. The molecule has 0 bridgehead atoms. The second kappa shape index (κ2) is 9.68. The molecule has 0 aromatic heterocycles. The maximum atomic E-state index is 15.2. The first-order valence-corrected chi connectivity index (χ1v) is 11.7. The van der Waals surface area contributed by atoms with Crippen molar-refractivity contribution in [3.05, 3.63) is 65.2 Å². The molecule has 0 radical (unpaired) electrons. The van der Waals surface area contributed by atoms with E-state index in [2.05, 4.69) is 12.2 Å². The van der Waals surface area contributed by atoms with Crippen LogP contribution in [0, 0.1) is 41.0 Å². The van der Waals surface area contributed by atoms with Gasteiger partial charge in [-0.05, 0) is 93.7 Å². The zero-order chi connectivity index (χ0) is 22.8. The molecule has 0 N–H and O–H groups in total. The maximum absolute atomic E-state index is 15.2. The van der Waals surface area contributed by atoms with Gasteiger partial charge in [0.05, 0.1) is 6.61 Å². The molecule has 172 valence electrons. The molecular formula is C27H30F4O. The van der Waals surface area contributed by atoms with Gasteiger partial charge in [-0.2, -0.15) is 4.39 Å². The Kier molecular flexibility index (Phi) is 6.92. The normalized spacial score (nSPS) is 24.9. The lowest BCUT2D eigenvalue weighted by Gasteiger charge is -2.22. The van der Waals surface area contributed by atoms with Gasteiger partial charge in [0, 0.05) is 11.1 Å². The Bertz CT molecular complexity index is 1000. The van der Waals surface area contributed by atoms with Crippen LogP contribution in [0.5, 0.6) is 5.75 Å². The van der Waals surface area contributed by atoms with E-state index >= 15 is 8.78 Å². The average molecular weight is 447 g/mol. The Morgan fingerprint density at radius 3 is 2.25 bits per heavy atom. The van der Waals surface area contributed by atoms with Crippen molar-refractivity contribution in [1.29, 1.82) is 0 Å². The van der Waals surface area contributed by atoms with E-state index < -0.39 is 23.3 Å². The lowest BCUT2D eigenvalue weighted by Crippen LogP contribution is -2.13. The Labute approximate surface area is 187 Å². The third kappa shape index (κ3) is 4.06. The summed E-state index contributed by atoms with van der Waals surface area (Å²) < 4.78 is 64.2. The van der Waals surface area contributed by atoms with E-state index in [1.807, 2.05) is 6.92 Å². The van der Waals surface area contributed by atoms with Gasteiger partial charge in [0.2, 0.25) is 5.82 Å². The number of hydrogen-bond acceptors (Lipinski definition) is 1. The lowest BCUT2D eigenvalue weighted by atomic mass is 9.83. The van der Waals surface area contributed by atoms with Crippen molar-refractivity contribution in [3.63, 3.8) is 0 Å². The van der Waals surface area contributed by atoms with Gasteiger partial charge in [-0.25, -0.2) is 13.2 Å². The lowest BCUT2D eigenvalue weighted by molar-refractivity contribution is 0.314. The van der Waals surface area contributed by atoms with Gasteiger partial charge in [-0.15, -0.1) is 0 Å². The maximum Gasteiger partial charge on any atom is 0.201 e. The summed E-state index contributed by atoms with van der Waals surface area (Å²) >= 11 is 0. The highest BCUT2D eigenvalue weighted by Gasteiger charge is 2.45. The topological polar surface area (TPSA) is 9.23 Å². The van der Waals surface area contributed by atoms with Crippen molar-refractivity contribution < 1.29 is 22.3 Å². The van der Waals surface area contributed by atoms with Crippen molar-refractivity contribution in [2.24, 2.45) is 17.8 Å². The first-order chi connectivity index (χ1) is 15.5. The predicted octanol–water partition coefficient (Wildman–Crippen LogP) is 8.18. The van der Waals surface area contributed by atoms with Gasteiger partial charge in [-0.3, -0.25) is 0 Å². The molecule has 4 atom stereocenters. The molecule has 4 rings (SSSR count). The highest BCUT2D eigenvalue weighted by Crippen LogP contribution is 2.56. The molecule has 2 aromatic carbocycles. The second-order valence-electron chi connectivity index (χ2n) is 9.00. The SMILES string of the molecule is CC=CCCC1CCC2C(c3ccc(-c4ccc(OCC)c(F)c4F)c(F)c3F)CCC12. The van der Waals surface area contributed by atoms with Crippen molar-refractivity contribution in [2.45, 2.75) is 58.3 Å². The number of ether oxygens (including phenoxy) is 1. The highest BCUT2D eigenvalue weighted by atomic mass is 19.2. The molecule has 2 saturated carbocycles. The van der Waals surface area contributed by atoms with Crippen LogP contribution < -0.4 is 4.74 Å². The van der Waals surface area contributed by atoms with Crippen LogP contribution in [-0.4, -0.2) is 6.61 Å². The summed E-state index contributed by atoms with van der Waals surface area (Å²) in [6.07, 6.45) is 10.5. The molecule has 0 aliphatic heterocycles. The van der Waals surface area contributed by atoms with Crippen LogP contribution in [0.2, 0.25) is 0 Å². The molecule has 4 unspecified atom stereocenters. The molecule has 32 heavy (non-hydrogen) atoms. The van der Waals surface area contributed by atoms with Crippen LogP contribution in [-0.2, 0) is 0 Å². The zero-order valence-corrected chi connectivity index (χ0v) is 18.6. The minimum atomic E-state index is -1.23. The van der Waals surface area contributed by atoms with Gasteiger partial charge >= 0.3 is 0 Å². The Morgan fingerprint density at radius 1 is 0.844 bits per heavy atom. The van der Waals surface area contributed by atoms with Crippen molar-refractivity contribution >= 4 is 0 Å². The van der Waals surface area contributed by atoms with Gasteiger partial charge in [-0.1, -0.05) is 24.3 Å². The fourth-order valence-corrected chi connectivity index (χ4v) is 6.01. The van der Waals surface area contributed by atoms with Crippen molar-refractivity contribution in [2.75, 3.05) is 6.61 Å². The molecule has 2 aliphatic carbocycles. The first-order valence-electron chi connectivity index (χ1n) is 11.7. The summed E-state index contributed by atoms with van der Waals surface area (Å²) in [5, 5.41) is 0. The number of allylic oxidation sites excluding steroid dienone is 2. The standard InChI is InChI=1S/C27H30F4O/c1-3-5-6-7-16-8-9-18-17(16)10-11-19(18)20-12-13-21(25(29)24(20)28)22-14-15-23(32-4-2)27(31)26(22)30/h3,5,12-19H,4,6-11H2,1-2H3. The Hall–Kier alpha value is -2.30. The molecule has 1 nitrogen and oxygen atoms in total. The summed E-state index contributed by atoms with van der Waals surface area (Å²) in [4.78, 5) is 0. The average Bonchev–Trinajstić information content (AvgIpc) is 3.37. The van der Waals surface area contributed by atoms with Gasteiger partial charge < -0.3 is 4.74 Å². The third-order valence-corrected chi connectivity index (χ3v) is 7.44. The summed E-state index contributed by atoms with van der Waals surface area (Å²) in [5.74, 6) is -3.16. The van der Waals surface area contributed by atoms with E-state index in [9.17, 15) is 8.78 Å². The fraction of sp³-hybridized carbons (Fsp3) is 0.481. The first kappa shape index (κ1) is 22.9. The van der Waals surface area contributed by atoms with Crippen molar-refractivity contribution in [3.8, 4) is 16.9 Å². The van der Waals surface area contributed by atoms with Crippen LogP contribution in [0.3, 0.4) is 0 Å². The molecular weight excluding hydrogens is 416 g/mol. The summed E-state index contributed by atoms with van der Waals surface area (Å²) in [5.41, 5.74) is -0.196. The van der Waals surface area contributed by atoms with Gasteiger partial charge in [0.1, 0.15) is 0 Å². The summed E-state index contributed by atoms with van der Waals surface area (Å²) in [7, 11) is 0. The van der Waals surface area contributed by atoms with Gasteiger partial charge in [0.15, 0.2) is 23.2 Å². The quantitative estimate of drug-likeness (QED) is 0.308. The molecule has 0 heterocycles. The predicted molar refractivity (Wildman–Crippen MR) is 119 cm³/mol. The third-order valence-electron chi connectivity index (χ3n) is 7.44. The summed E-state index contributed by atoms with van der Waals surface area (Å²) in [6.45, 7) is 3.85. The minimum Gasteiger partial charge on any atom is -0.491 e. The fourth-order valence-electron chi connectivity index (χ4n) is 6.01. The van der Waals surface area contributed by atoms with E-state index in [4.69, 9.17) is 4.74 Å². The zero-order valence-electron chi connectivity index (χ0n) is 18.6. The van der Waals surface area contributed by atoms with E-state index in [1.54, 1.807) is 13.0 Å². The number of hydrogen-bond donors (Lipinski definition) is 0. The van der Waals surface area contributed by atoms with E-state index in [0.29, 0.717) is 23.3 Å². The van der Waals surface area contributed by atoms with E-state index in [-0.39, 0.29) is 29.4 Å². The monoisotopic (exact) mass is 446 g/mol. The Balaban J connectivity index is 1.59. The molecule has 0 saturated heterocycles. The molecule has 0 amide bonds. The summed E-state index contributed by atoms with van der Waals surface area (Å²) in [6, 6.07) is 5.44. The number of fused-ring (bicyclic) bond motifs is 1. The van der Waals surface area contributed by atoms with E-state index in [1.165, 1.54) is 18.2 Å². The van der Waals surface area contributed by atoms with Crippen LogP contribution in [0.1, 0.15) is 63.9 Å². The molecule has 0 spiro atoms. The van der Waals surface area contributed by atoms with Crippen LogP contribution in [0.4, 0.5) is 17.6 Å². The second-order valence-corrected chi connectivity index (χ2v) is 9.00.